The molecule has 0 bridgehead atoms. The Morgan fingerprint density at radius 1 is 1.14 bits per heavy atom. The van der Waals surface area contributed by atoms with E-state index in [0.29, 0.717) is 12.8 Å². The molecule has 0 unspecified atom stereocenters. The highest BCUT2D eigenvalue weighted by molar-refractivity contribution is 5.90. The van der Waals surface area contributed by atoms with E-state index in [1.165, 1.54) is 0 Å². The highest BCUT2D eigenvalue weighted by atomic mass is 16.5. The Kier molecular flexibility index (Phi) is 4.61. The predicted octanol–water partition coefficient (Wildman–Crippen LogP) is 1.77. The van der Waals surface area contributed by atoms with Crippen LogP contribution in [0.15, 0.2) is 30.3 Å². The molecule has 2 fully saturated rings. The number of para-hydroxylation sites is 1. The molecule has 1 saturated heterocycles. The molecule has 5 nitrogen and oxygen atoms in total. The minimum absolute atomic E-state index is 0.00259. The van der Waals surface area contributed by atoms with Crippen LogP contribution in [-0.4, -0.2) is 30.0 Å². The third-order valence-electron chi connectivity index (χ3n) is 4.37. The molecule has 0 spiro atoms. The van der Waals surface area contributed by atoms with Gasteiger partial charge < -0.3 is 15.4 Å². The summed E-state index contributed by atoms with van der Waals surface area (Å²) in [7, 11) is 0. The van der Waals surface area contributed by atoms with Crippen LogP contribution in [0, 0.1) is 0 Å². The summed E-state index contributed by atoms with van der Waals surface area (Å²) in [6.45, 7) is 0. The summed E-state index contributed by atoms with van der Waals surface area (Å²) in [6, 6.07) is 9.34. The van der Waals surface area contributed by atoms with Crippen molar-refractivity contribution in [2.24, 2.45) is 0 Å². The smallest absolute Gasteiger partial charge is 0.242 e. The normalized spacial score (nSPS) is 28.0. The van der Waals surface area contributed by atoms with Gasteiger partial charge in [0.2, 0.25) is 11.8 Å². The van der Waals surface area contributed by atoms with Gasteiger partial charge >= 0.3 is 0 Å². The van der Waals surface area contributed by atoms with Gasteiger partial charge in [-0.05, 0) is 37.8 Å². The molecule has 1 aliphatic carbocycles. The SMILES string of the molecule is O=C1CC[C@H](C(=O)N[C@H]2CCCC[C@H]2Oc2ccccc2)N1. The monoisotopic (exact) mass is 302 g/mol. The van der Waals surface area contributed by atoms with E-state index in [9.17, 15) is 9.59 Å². The maximum Gasteiger partial charge on any atom is 0.242 e. The van der Waals surface area contributed by atoms with Gasteiger partial charge in [0.05, 0.1) is 6.04 Å². The molecule has 22 heavy (non-hydrogen) atoms. The van der Waals surface area contributed by atoms with Gasteiger partial charge in [0.15, 0.2) is 0 Å². The molecule has 1 aromatic rings. The zero-order valence-electron chi connectivity index (χ0n) is 12.6. The maximum atomic E-state index is 12.3. The van der Waals surface area contributed by atoms with Gasteiger partial charge in [-0.2, -0.15) is 0 Å². The number of carbonyl (C=O) groups excluding carboxylic acids is 2. The van der Waals surface area contributed by atoms with Crippen LogP contribution in [-0.2, 0) is 9.59 Å². The van der Waals surface area contributed by atoms with E-state index in [4.69, 9.17) is 4.74 Å². The maximum absolute atomic E-state index is 12.3. The van der Waals surface area contributed by atoms with E-state index in [1.54, 1.807) is 0 Å². The van der Waals surface area contributed by atoms with E-state index in [1.807, 2.05) is 30.3 Å². The van der Waals surface area contributed by atoms with Crippen molar-refractivity contribution in [2.75, 3.05) is 0 Å². The van der Waals surface area contributed by atoms with Crippen molar-refractivity contribution in [1.29, 1.82) is 0 Å². The zero-order chi connectivity index (χ0) is 15.4. The third-order valence-corrected chi connectivity index (χ3v) is 4.37. The lowest BCUT2D eigenvalue weighted by molar-refractivity contribution is -0.127. The van der Waals surface area contributed by atoms with Gasteiger partial charge in [0.25, 0.3) is 0 Å². The minimum Gasteiger partial charge on any atom is -0.488 e. The van der Waals surface area contributed by atoms with Crippen molar-refractivity contribution in [3.05, 3.63) is 30.3 Å². The topological polar surface area (TPSA) is 67.4 Å². The number of hydrogen-bond acceptors (Lipinski definition) is 3. The molecule has 1 saturated carbocycles. The van der Waals surface area contributed by atoms with Crippen LogP contribution in [0.3, 0.4) is 0 Å². The predicted molar refractivity (Wildman–Crippen MR) is 82.4 cm³/mol. The van der Waals surface area contributed by atoms with Crippen LogP contribution in [0.4, 0.5) is 0 Å². The number of rotatable bonds is 4. The molecular weight excluding hydrogens is 280 g/mol. The summed E-state index contributed by atoms with van der Waals surface area (Å²) in [5.74, 6) is 0.711. The van der Waals surface area contributed by atoms with Gasteiger partial charge in [0.1, 0.15) is 17.9 Å². The largest absolute Gasteiger partial charge is 0.488 e. The molecule has 3 atom stereocenters. The summed E-state index contributed by atoms with van der Waals surface area (Å²) >= 11 is 0. The highest BCUT2D eigenvalue weighted by Gasteiger charge is 2.32. The average Bonchev–Trinajstić information content (AvgIpc) is 2.97. The second-order valence-corrected chi connectivity index (χ2v) is 6.03. The van der Waals surface area contributed by atoms with Crippen LogP contribution < -0.4 is 15.4 Å². The molecule has 1 aromatic carbocycles. The summed E-state index contributed by atoms with van der Waals surface area (Å²) in [6.07, 6.45) is 5.09. The summed E-state index contributed by atoms with van der Waals surface area (Å²) < 4.78 is 6.05. The number of hydrogen-bond donors (Lipinski definition) is 2. The van der Waals surface area contributed by atoms with Crippen molar-refractivity contribution >= 4 is 11.8 Å². The number of ether oxygens (including phenoxy) is 1. The van der Waals surface area contributed by atoms with Crippen LogP contribution in [0.5, 0.6) is 5.75 Å². The van der Waals surface area contributed by atoms with Crippen LogP contribution in [0.25, 0.3) is 0 Å². The molecule has 0 radical (unpaired) electrons. The quantitative estimate of drug-likeness (QED) is 0.891. The molecule has 0 aromatic heterocycles. The first-order chi connectivity index (χ1) is 10.7. The first kappa shape index (κ1) is 14.9. The van der Waals surface area contributed by atoms with Gasteiger partial charge in [-0.1, -0.05) is 24.6 Å². The molecule has 118 valence electrons. The number of benzene rings is 1. The number of nitrogens with one attached hydrogen (secondary N) is 2. The first-order valence-electron chi connectivity index (χ1n) is 8.04. The van der Waals surface area contributed by atoms with Crippen LogP contribution in [0.1, 0.15) is 38.5 Å². The molecule has 1 heterocycles. The Balaban J connectivity index is 1.60. The van der Waals surface area contributed by atoms with E-state index in [-0.39, 0.29) is 30.0 Å². The Bertz CT molecular complexity index is 532. The number of carbonyl (C=O) groups is 2. The van der Waals surface area contributed by atoms with Crippen molar-refractivity contribution in [2.45, 2.75) is 56.7 Å². The van der Waals surface area contributed by atoms with Gasteiger partial charge in [-0.25, -0.2) is 0 Å². The van der Waals surface area contributed by atoms with Crippen molar-refractivity contribution in [1.82, 2.24) is 10.6 Å². The molecule has 2 amide bonds. The number of amides is 2. The Morgan fingerprint density at radius 3 is 2.64 bits per heavy atom. The lowest BCUT2D eigenvalue weighted by atomic mass is 9.92. The fraction of sp³-hybridized carbons (Fsp3) is 0.529. The Labute approximate surface area is 130 Å². The second kappa shape index (κ2) is 6.81. The molecule has 1 aliphatic heterocycles. The van der Waals surface area contributed by atoms with Crippen molar-refractivity contribution < 1.29 is 14.3 Å². The molecule has 5 heteroatoms. The standard InChI is InChI=1S/C17H22N2O3/c20-16-11-10-14(18-16)17(21)19-13-8-4-5-9-15(13)22-12-6-2-1-3-7-12/h1-3,6-7,13-15H,4-5,8-11H2,(H,18,20)(H,19,21)/t13-,14+,15+/m0/s1. The van der Waals surface area contributed by atoms with Gasteiger partial charge in [-0.15, -0.1) is 0 Å². The first-order valence-corrected chi connectivity index (χ1v) is 8.04. The molecule has 2 N–H and O–H groups in total. The highest BCUT2D eigenvalue weighted by Crippen LogP contribution is 2.24. The van der Waals surface area contributed by atoms with Crippen LogP contribution >= 0.6 is 0 Å². The van der Waals surface area contributed by atoms with E-state index in [0.717, 1.165) is 31.4 Å². The van der Waals surface area contributed by atoms with Gasteiger partial charge in [0, 0.05) is 6.42 Å². The van der Waals surface area contributed by atoms with Crippen molar-refractivity contribution in [3.8, 4) is 5.75 Å². The minimum atomic E-state index is -0.383. The van der Waals surface area contributed by atoms with Crippen molar-refractivity contribution in [3.63, 3.8) is 0 Å². The lowest BCUT2D eigenvalue weighted by Crippen LogP contribution is -2.52. The fourth-order valence-corrected chi connectivity index (χ4v) is 3.17. The van der Waals surface area contributed by atoms with E-state index < -0.39 is 0 Å². The van der Waals surface area contributed by atoms with E-state index >= 15 is 0 Å². The molecule has 2 aliphatic rings. The summed E-state index contributed by atoms with van der Waals surface area (Å²) in [5, 5.41) is 5.79. The van der Waals surface area contributed by atoms with Crippen LogP contribution in [0.2, 0.25) is 0 Å². The summed E-state index contributed by atoms with van der Waals surface area (Å²) in [5.41, 5.74) is 0. The molecular formula is C17H22N2O3. The summed E-state index contributed by atoms with van der Waals surface area (Å²) in [4.78, 5) is 23.5. The fourth-order valence-electron chi connectivity index (χ4n) is 3.17. The average molecular weight is 302 g/mol. The second-order valence-electron chi connectivity index (χ2n) is 6.03. The van der Waals surface area contributed by atoms with Gasteiger partial charge in [-0.3, -0.25) is 9.59 Å². The van der Waals surface area contributed by atoms with E-state index in [2.05, 4.69) is 10.6 Å². The lowest BCUT2D eigenvalue weighted by Gasteiger charge is -2.33. The third kappa shape index (κ3) is 3.59. The Hall–Kier alpha value is -2.04. The molecule has 3 rings (SSSR count). The Morgan fingerprint density at radius 2 is 1.91 bits per heavy atom. The zero-order valence-corrected chi connectivity index (χ0v) is 12.6.